The molecule has 0 aliphatic carbocycles. The van der Waals surface area contributed by atoms with Gasteiger partial charge in [-0.1, -0.05) is 6.07 Å². The zero-order chi connectivity index (χ0) is 9.26. The van der Waals surface area contributed by atoms with Gasteiger partial charge in [-0.15, -0.1) is 5.10 Å². The van der Waals surface area contributed by atoms with Crippen molar-refractivity contribution < 1.29 is 0 Å². The third-order valence-electron chi connectivity index (χ3n) is 1.45. The molecule has 13 heavy (non-hydrogen) atoms. The van der Waals surface area contributed by atoms with Gasteiger partial charge in [-0.05, 0) is 28.1 Å². The Bertz CT molecular complexity index is 410. The molecule has 0 bridgehead atoms. The predicted molar refractivity (Wildman–Crippen MR) is 51.3 cm³/mol. The number of hydrogen-bond acceptors (Lipinski definition) is 4. The van der Waals surface area contributed by atoms with Crippen LogP contribution in [-0.2, 0) is 0 Å². The van der Waals surface area contributed by atoms with E-state index in [2.05, 4.69) is 31.0 Å². The van der Waals surface area contributed by atoms with Crippen molar-refractivity contribution in [2.45, 2.75) is 0 Å². The Morgan fingerprint density at radius 2 is 2.23 bits per heavy atom. The molecule has 66 valence electrons. The molecule has 2 aromatic rings. The highest BCUT2D eigenvalue weighted by atomic mass is 79.9. The van der Waals surface area contributed by atoms with E-state index >= 15 is 0 Å². The number of rotatable bonds is 1. The van der Waals surface area contributed by atoms with Crippen molar-refractivity contribution in [3.05, 3.63) is 29.1 Å². The fourth-order valence-electron chi connectivity index (χ4n) is 0.933. The molecule has 0 amide bonds. The highest BCUT2D eigenvalue weighted by molar-refractivity contribution is 9.10. The Morgan fingerprint density at radius 3 is 2.77 bits per heavy atom. The smallest absolute Gasteiger partial charge is 0.240 e. The van der Waals surface area contributed by atoms with E-state index in [1.807, 2.05) is 18.2 Å². The van der Waals surface area contributed by atoms with Gasteiger partial charge in [0.2, 0.25) is 10.7 Å². The van der Waals surface area contributed by atoms with Crippen molar-refractivity contribution in [2.24, 2.45) is 0 Å². The molecule has 0 saturated carbocycles. The first-order valence-electron chi connectivity index (χ1n) is 3.57. The fraction of sp³-hybridized carbons (Fsp3) is 0. The van der Waals surface area contributed by atoms with Crippen LogP contribution in [0.3, 0.4) is 0 Å². The van der Waals surface area contributed by atoms with E-state index in [1.54, 1.807) is 6.20 Å². The number of anilines is 1. The lowest BCUT2D eigenvalue weighted by Gasteiger charge is -1.97. The van der Waals surface area contributed by atoms with Crippen LogP contribution in [0.15, 0.2) is 29.1 Å². The molecule has 0 radical (unpaired) electrons. The molecule has 2 rings (SSSR count). The quantitative estimate of drug-likeness (QED) is 0.807. The summed E-state index contributed by atoms with van der Waals surface area (Å²) in [7, 11) is 0. The molecule has 2 heterocycles. The minimum atomic E-state index is 0.220. The van der Waals surface area contributed by atoms with Crippen LogP contribution in [0.4, 0.5) is 5.95 Å². The number of aromatic nitrogens is 4. The lowest BCUT2D eigenvalue weighted by atomic mass is 10.5. The molecule has 2 N–H and O–H groups in total. The molecular weight excluding hydrogens is 234 g/mol. The molecule has 2 aromatic heterocycles. The summed E-state index contributed by atoms with van der Waals surface area (Å²) in [4.78, 5) is 7.99. The second-order valence-corrected chi connectivity index (χ2v) is 3.05. The summed E-state index contributed by atoms with van der Waals surface area (Å²) >= 11 is 3.22. The average molecular weight is 240 g/mol. The fourth-order valence-corrected chi connectivity index (χ4v) is 1.38. The molecule has 0 aliphatic rings. The van der Waals surface area contributed by atoms with Gasteiger partial charge in [0.15, 0.2) is 5.82 Å². The Kier molecular flexibility index (Phi) is 1.97. The van der Waals surface area contributed by atoms with Crippen molar-refractivity contribution in [1.82, 2.24) is 19.7 Å². The molecular formula is C7H6BrN5. The normalized spacial score (nSPS) is 10.2. The minimum absolute atomic E-state index is 0.220. The van der Waals surface area contributed by atoms with E-state index in [0.29, 0.717) is 10.6 Å². The van der Waals surface area contributed by atoms with E-state index < -0.39 is 0 Å². The molecule has 0 spiro atoms. The monoisotopic (exact) mass is 239 g/mol. The van der Waals surface area contributed by atoms with Gasteiger partial charge in [0.05, 0.1) is 0 Å². The van der Waals surface area contributed by atoms with Crippen LogP contribution in [0.25, 0.3) is 5.82 Å². The zero-order valence-corrected chi connectivity index (χ0v) is 8.14. The summed E-state index contributed by atoms with van der Waals surface area (Å²) in [5.41, 5.74) is 5.42. The summed E-state index contributed by atoms with van der Waals surface area (Å²) in [6, 6.07) is 5.52. The van der Waals surface area contributed by atoms with Gasteiger partial charge in [-0.2, -0.15) is 9.67 Å². The van der Waals surface area contributed by atoms with Crippen LogP contribution in [0, 0.1) is 0 Å². The Balaban J connectivity index is 2.53. The lowest BCUT2D eigenvalue weighted by Crippen LogP contribution is -1.99. The second-order valence-electron chi connectivity index (χ2n) is 2.34. The Morgan fingerprint density at radius 1 is 1.38 bits per heavy atom. The van der Waals surface area contributed by atoms with E-state index in [4.69, 9.17) is 5.73 Å². The molecule has 0 fully saturated rings. The minimum Gasteiger partial charge on any atom is -0.366 e. The molecule has 0 aromatic carbocycles. The SMILES string of the molecule is Nc1nc(Br)n(-c2ccccn2)n1. The van der Waals surface area contributed by atoms with Crippen molar-refractivity contribution >= 4 is 21.9 Å². The van der Waals surface area contributed by atoms with Crippen molar-refractivity contribution in [3.63, 3.8) is 0 Å². The van der Waals surface area contributed by atoms with Crippen LogP contribution in [0.1, 0.15) is 0 Å². The van der Waals surface area contributed by atoms with Gasteiger partial charge >= 0.3 is 0 Å². The summed E-state index contributed by atoms with van der Waals surface area (Å²) in [6.45, 7) is 0. The molecule has 5 nitrogen and oxygen atoms in total. The first kappa shape index (κ1) is 8.18. The number of hydrogen-bond donors (Lipinski definition) is 1. The third kappa shape index (κ3) is 1.52. The summed E-state index contributed by atoms with van der Waals surface area (Å²) in [6.07, 6.45) is 1.68. The molecule has 0 aliphatic heterocycles. The van der Waals surface area contributed by atoms with Gasteiger partial charge in [0.25, 0.3) is 0 Å². The van der Waals surface area contributed by atoms with E-state index in [-0.39, 0.29) is 5.95 Å². The molecule has 6 heteroatoms. The first-order valence-corrected chi connectivity index (χ1v) is 4.36. The highest BCUT2D eigenvalue weighted by Crippen LogP contribution is 2.12. The van der Waals surface area contributed by atoms with Crippen LogP contribution < -0.4 is 5.73 Å². The van der Waals surface area contributed by atoms with Gasteiger partial charge in [-0.3, -0.25) is 0 Å². The largest absolute Gasteiger partial charge is 0.366 e. The topological polar surface area (TPSA) is 69.6 Å². The number of nitrogens with two attached hydrogens (primary N) is 1. The van der Waals surface area contributed by atoms with Crippen molar-refractivity contribution in [3.8, 4) is 5.82 Å². The molecule has 0 unspecified atom stereocenters. The maximum Gasteiger partial charge on any atom is 0.240 e. The van der Waals surface area contributed by atoms with Crippen LogP contribution >= 0.6 is 15.9 Å². The zero-order valence-electron chi connectivity index (χ0n) is 6.55. The third-order valence-corrected chi connectivity index (χ3v) is 1.96. The highest BCUT2D eigenvalue weighted by Gasteiger charge is 2.06. The van der Waals surface area contributed by atoms with Crippen LogP contribution in [0.5, 0.6) is 0 Å². The van der Waals surface area contributed by atoms with E-state index in [0.717, 1.165) is 0 Å². The summed E-state index contributed by atoms with van der Waals surface area (Å²) < 4.78 is 2.07. The van der Waals surface area contributed by atoms with Gasteiger partial charge < -0.3 is 5.73 Å². The van der Waals surface area contributed by atoms with E-state index in [9.17, 15) is 0 Å². The Hall–Kier alpha value is -1.43. The number of halogens is 1. The summed E-state index contributed by atoms with van der Waals surface area (Å²) in [5, 5.41) is 3.95. The van der Waals surface area contributed by atoms with Crippen LogP contribution in [-0.4, -0.2) is 19.7 Å². The average Bonchev–Trinajstić information content (AvgIpc) is 2.47. The van der Waals surface area contributed by atoms with Gasteiger partial charge in [0.1, 0.15) is 0 Å². The summed E-state index contributed by atoms with van der Waals surface area (Å²) in [5.74, 6) is 0.899. The maximum absolute atomic E-state index is 5.42. The van der Waals surface area contributed by atoms with Gasteiger partial charge in [-0.25, -0.2) is 4.98 Å². The maximum atomic E-state index is 5.42. The van der Waals surface area contributed by atoms with Crippen LogP contribution in [0.2, 0.25) is 0 Å². The lowest BCUT2D eigenvalue weighted by molar-refractivity contribution is 0.828. The standard InChI is InChI=1S/C7H6BrN5/c8-6-11-7(9)12-13(6)5-3-1-2-4-10-5/h1-4H,(H2,9,12). The predicted octanol–water partition coefficient (Wildman–Crippen LogP) is 1.01. The molecule has 0 saturated heterocycles. The van der Waals surface area contributed by atoms with E-state index in [1.165, 1.54) is 4.68 Å². The van der Waals surface area contributed by atoms with Crippen molar-refractivity contribution in [1.29, 1.82) is 0 Å². The van der Waals surface area contributed by atoms with Crippen molar-refractivity contribution in [2.75, 3.05) is 5.73 Å². The number of pyridine rings is 1. The first-order chi connectivity index (χ1) is 6.27. The second kappa shape index (κ2) is 3.14. The number of nitrogens with zero attached hydrogens (tertiary/aromatic N) is 4. The van der Waals surface area contributed by atoms with Gasteiger partial charge in [0, 0.05) is 6.20 Å². The number of nitrogen functional groups attached to an aromatic ring is 1. The molecule has 0 atom stereocenters. The Labute approximate surface area is 82.7 Å².